The van der Waals surface area contributed by atoms with E-state index in [-0.39, 0.29) is 28.0 Å². The lowest BCUT2D eigenvalue weighted by Gasteiger charge is -2.31. The van der Waals surface area contributed by atoms with E-state index in [1.165, 1.54) is 18.2 Å². The highest BCUT2D eigenvalue weighted by atomic mass is 79.9. The number of anilines is 1. The molecule has 0 bridgehead atoms. The van der Waals surface area contributed by atoms with Crippen LogP contribution >= 0.6 is 15.9 Å². The molecular formula is C22H24BrFN4O3. The first-order valence-electron chi connectivity index (χ1n) is 9.88. The lowest BCUT2D eigenvalue weighted by molar-refractivity contribution is -0.117. The number of methoxy groups -OCH3 is 1. The Balaban J connectivity index is 1.47. The van der Waals surface area contributed by atoms with Gasteiger partial charge in [0.1, 0.15) is 11.6 Å². The number of carbonyl (C=O) groups excluding carboxylic acids is 2. The summed E-state index contributed by atoms with van der Waals surface area (Å²) in [6.07, 6.45) is 0.968. The van der Waals surface area contributed by atoms with Crippen LogP contribution < -0.4 is 15.4 Å². The molecule has 2 amide bonds. The normalized spacial score (nSPS) is 14.1. The van der Waals surface area contributed by atoms with Crippen molar-refractivity contribution in [3.8, 4) is 5.75 Å². The number of nitrogens with one attached hydrogen (secondary N) is 3. The van der Waals surface area contributed by atoms with Gasteiger partial charge in [-0.15, -0.1) is 0 Å². The molecule has 0 spiro atoms. The lowest BCUT2D eigenvalue weighted by Crippen LogP contribution is -2.46. The van der Waals surface area contributed by atoms with Gasteiger partial charge in [0.15, 0.2) is 5.84 Å². The second-order valence-electron chi connectivity index (χ2n) is 7.23. The van der Waals surface area contributed by atoms with Crippen LogP contribution in [-0.4, -0.2) is 42.7 Å². The number of halogens is 2. The third-order valence-electron chi connectivity index (χ3n) is 5.21. The first-order valence-corrected chi connectivity index (χ1v) is 10.7. The van der Waals surface area contributed by atoms with Crippen molar-refractivity contribution >= 4 is 39.3 Å². The van der Waals surface area contributed by atoms with Crippen LogP contribution in [0.1, 0.15) is 18.4 Å². The van der Waals surface area contributed by atoms with Gasteiger partial charge < -0.3 is 20.3 Å². The molecular weight excluding hydrogens is 467 g/mol. The zero-order valence-corrected chi connectivity index (χ0v) is 18.7. The fraction of sp³-hybridized carbons (Fsp3) is 0.318. The second-order valence-corrected chi connectivity index (χ2v) is 8.08. The Kier molecular flexibility index (Phi) is 7.62. The van der Waals surface area contributed by atoms with Crippen molar-refractivity contribution in [2.24, 2.45) is 5.92 Å². The van der Waals surface area contributed by atoms with Crippen molar-refractivity contribution in [3.63, 3.8) is 0 Å². The summed E-state index contributed by atoms with van der Waals surface area (Å²) in [6.45, 7) is 1.22. The smallest absolute Gasteiger partial charge is 0.317 e. The maximum Gasteiger partial charge on any atom is 0.317 e. The topological polar surface area (TPSA) is 94.5 Å². The van der Waals surface area contributed by atoms with Crippen molar-refractivity contribution in [3.05, 3.63) is 58.3 Å². The number of amides is 2. The third kappa shape index (κ3) is 5.81. The summed E-state index contributed by atoms with van der Waals surface area (Å²) >= 11 is 3.08. The molecule has 0 atom stereocenters. The monoisotopic (exact) mass is 490 g/mol. The SMILES string of the molecule is COc1ccccc1CNC(=O)N1CCC(C(=O)C(=N)Nc2ccc(F)c(Br)c2)CC1. The quantitative estimate of drug-likeness (QED) is 0.418. The molecule has 2 aromatic carbocycles. The van der Waals surface area contributed by atoms with Gasteiger partial charge in [-0.3, -0.25) is 10.2 Å². The van der Waals surface area contributed by atoms with Crippen molar-refractivity contribution in [1.82, 2.24) is 10.2 Å². The van der Waals surface area contributed by atoms with Gasteiger partial charge in [0, 0.05) is 36.8 Å². The molecule has 0 unspecified atom stereocenters. The predicted molar refractivity (Wildman–Crippen MR) is 120 cm³/mol. The summed E-state index contributed by atoms with van der Waals surface area (Å²) in [5, 5.41) is 13.7. The van der Waals surface area contributed by atoms with Gasteiger partial charge >= 0.3 is 6.03 Å². The highest BCUT2D eigenvalue weighted by Crippen LogP contribution is 2.22. The first kappa shape index (κ1) is 22.7. The van der Waals surface area contributed by atoms with Crippen LogP contribution in [0.4, 0.5) is 14.9 Å². The van der Waals surface area contributed by atoms with Crippen LogP contribution in [0.2, 0.25) is 0 Å². The molecule has 7 nitrogen and oxygen atoms in total. The maximum absolute atomic E-state index is 13.3. The van der Waals surface area contributed by atoms with Crippen molar-refractivity contribution < 1.29 is 18.7 Å². The van der Waals surface area contributed by atoms with E-state index < -0.39 is 5.82 Å². The number of benzene rings is 2. The van der Waals surface area contributed by atoms with Crippen LogP contribution in [0, 0.1) is 17.1 Å². The number of hydrogen-bond donors (Lipinski definition) is 3. The minimum absolute atomic E-state index is 0.193. The number of urea groups is 1. The number of likely N-dealkylation sites (tertiary alicyclic amines) is 1. The summed E-state index contributed by atoms with van der Waals surface area (Å²) in [6, 6.07) is 11.5. The highest BCUT2D eigenvalue weighted by molar-refractivity contribution is 9.10. The van der Waals surface area contributed by atoms with Crippen LogP contribution in [0.3, 0.4) is 0 Å². The van der Waals surface area contributed by atoms with Gasteiger partial charge in [0.25, 0.3) is 0 Å². The minimum atomic E-state index is -0.417. The number of carbonyl (C=O) groups is 2. The highest BCUT2D eigenvalue weighted by Gasteiger charge is 2.29. The number of para-hydroxylation sites is 1. The molecule has 1 aliphatic rings. The van der Waals surface area contributed by atoms with E-state index in [1.807, 2.05) is 24.3 Å². The molecule has 1 saturated heterocycles. The van der Waals surface area contributed by atoms with Gasteiger partial charge in [0.2, 0.25) is 5.78 Å². The molecule has 31 heavy (non-hydrogen) atoms. The maximum atomic E-state index is 13.3. The fourth-order valence-corrected chi connectivity index (χ4v) is 3.84. The Morgan fingerprint density at radius 1 is 1.23 bits per heavy atom. The molecule has 0 radical (unpaired) electrons. The summed E-state index contributed by atoms with van der Waals surface area (Å²) < 4.78 is 18.9. The number of hydrogen-bond acceptors (Lipinski definition) is 4. The predicted octanol–water partition coefficient (Wildman–Crippen LogP) is 4.18. The number of rotatable bonds is 6. The second kappa shape index (κ2) is 10.4. The molecule has 1 aliphatic heterocycles. The molecule has 0 saturated carbocycles. The molecule has 0 aliphatic carbocycles. The van der Waals surface area contributed by atoms with Crippen LogP contribution in [-0.2, 0) is 11.3 Å². The Morgan fingerprint density at radius 2 is 1.94 bits per heavy atom. The first-order chi connectivity index (χ1) is 14.9. The Hall–Kier alpha value is -2.94. The average molecular weight is 491 g/mol. The van der Waals surface area contributed by atoms with Crippen LogP contribution in [0.25, 0.3) is 0 Å². The van der Waals surface area contributed by atoms with E-state index in [0.29, 0.717) is 43.9 Å². The molecule has 2 aromatic rings. The Labute approximate surface area is 188 Å². The zero-order chi connectivity index (χ0) is 22.4. The van der Waals surface area contributed by atoms with E-state index >= 15 is 0 Å². The van der Waals surface area contributed by atoms with Gasteiger partial charge in [0.05, 0.1) is 11.6 Å². The van der Waals surface area contributed by atoms with Crippen molar-refractivity contribution in [1.29, 1.82) is 5.41 Å². The summed E-state index contributed by atoms with van der Waals surface area (Å²) in [5.41, 5.74) is 1.34. The van der Waals surface area contributed by atoms with Crippen LogP contribution in [0.15, 0.2) is 46.9 Å². The summed E-state index contributed by atoms with van der Waals surface area (Å²) in [5.74, 6) is -0.583. The standard InChI is InChI=1S/C22H24BrFN4O3/c1-31-19-5-3-2-4-15(19)13-26-22(30)28-10-8-14(9-11-28)20(29)21(25)27-16-6-7-18(24)17(23)12-16/h2-7,12,14H,8-11,13H2,1H3,(H2,25,27)(H,26,30). The third-order valence-corrected chi connectivity index (χ3v) is 5.82. The number of ether oxygens (including phenoxy) is 1. The van der Waals surface area contributed by atoms with Crippen molar-refractivity contribution in [2.75, 3.05) is 25.5 Å². The number of nitrogens with zero attached hydrogens (tertiary/aromatic N) is 1. The molecule has 9 heteroatoms. The van der Waals surface area contributed by atoms with E-state index in [1.54, 1.807) is 12.0 Å². The molecule has 164 valence electrons. The van der Waals surface area contributed by atoms with E-state index in [0.717, 1.165) is 5.56 Å². The number of amidine groups is 1. The van der Waals surface area contributed by atoms with Gasteiger partial charge in [-0.1, -0.05) is 18.2 Å². The molecule has 3 rings (SSSR count). The largest absolute Gasteiger partial charge is 0.496 e. The molecule has 0 aromatic heterocycles. The lowest BCUT2D eigenvalue weighted by atomic mass is 9.92. The molecule has 1 heterocycles. The molecule has 1 fully saturated rings. The summed E-state index contributed by atoms with van der Waals surface area (Å²) in [7, 11) is 1.59. The molecule has 3 N–H and O–H groups in total. The van der Waals surface area contributed by atoms with Crippen LogP contribution in [0.5, 0.6) is 5.75 Å². The summed E-state index contributed by atoms with van der Waals surface area (Å²) in [4.78, 5) is 26.8. The van der Waals surface area contributed by atoms with Crippen molar-refractivity contribution in [2.45, 2.75) is 19.4 Å². The van der Waals surface area contributed by atoms with Gasteiger partial charge in [-0.05, 0) is 53.0 Å². The fourth-order valence-electron chi connectivity index (χ4n) is 3.46. The number of Topliss-reactive ketones (excluding diaryl/α,β-unsaturated/α-hetero) is 1. The Morgan fingerprint density at radius 3 is 2.61 bits per heavy atom. The number of ketones is 1. The Bertz CT molecular complexity index is 977. The minimum Gasteiger partial charge on any atom is -0.496 e. The van der Waals surface area contributed by atoms with E-state index in [2.05, 4.69) is 26.6 Å². The van der Waals surface area contributed by atoms with Gasteiger partial charge in [-0.25, -0.2) is 9.18 Å². The van der Waals surface area contributed by atoms with Gasteiger partial charge in [-0.2, -0.15) is 0 Å². The zero-order valence-electron chi connectivity index (χ0n) is 17.1. The average Bonchev–Trinajstić information content (AvgIpc) is 2.79. The van der Waals surface area contributed by atoms with E-state index in [9.17, 15) is 14.0 Å². The number of piperidine rings is 1. The van der Waals surface area contributed by atoms with E-state index in [4.69, 9.17) is 10.1 Å².